The molecule has 0 bridgehead atoms. The van der Waals surface area contributed by atoms with Crippen LogP contribution in [0, 0.1) is 0 Å². The van der Waals surface area contributed by atoms with E-state index in [9.17, 15) is 0 Å². The molecular weight excluding hydrogens is 669 g/mol. The van der Waals surface area contributed by atoms with Gasteiger partial charge in [0.05, 0.1) is 11.0 Å². The molecule has 4 nitrogen and oxygen atoms in total. The van der Waals surface area contributed by atoms with Gasteiger partial charge in [0.25, 0.3) is 0 Å². The first-order valence-electron chi connectivity index (χ1n) is 18.5. The zero-order chi connectivity index (χ0) is 36.6. The first kappa shape index (κ1) is 32.2. The smallest absolute Gasteiger partial charge is 0.0541 e. The van der Waals surface area contributed by atoms with Gasteiger partial charge in [-0.05, 0) is 88.0 Å². The van der Waals surface area contributed by atoms with Crippen molar-refractivity contribution >= 4 is 21.8 Å². The van der Waals surface area contributed by atoms with Gasteiger partial charge in [0.1, 0.15) is 0 Å². The molecule has 0 aliphatic rings. The zero-order valence-corrected chi connectivity index (χ0v) is 29.9. The summed E-state index contributed by atoms with van der Waals surface area (Å²) in [7, 11) is 0. The van der Waals surface area contributed by atoms with Crippen LogP contribution in [0.4, 0.5) is 0 Å². The summed E-state index contributed by atoms with van der Waals surface area (Å²) in [6.45, 7) is 0. The van der Waals surface area contributed by atoms with E-state index >= 15 is 0 Å². The molecule has 0 saturated heterocycles. The number of aromatic nitrogens is 4. The molecule has 0 N–H and O–H groups in total. The van der Waals surface area contributed by atoms with Gasteiger partial charge in [-0.3, -0.25) is 15.0 Å². The minimum atomic E-state index is 1.08. The Balaban J connectivity index is 1.10. The maximum absolute atomic E-state index is 4.66. The van der Waals surface area contributed by atoms with Gasteiger partial charge in [0.15, 0.2) is 0 Å². The average molecular weight is 703 g/mol. The van der Waals surface area contributed by atoms with Gasteiger partial charge in [-0.2, -0.15) is 0 Å². The number of hydrogen-bond donors (Lipinski definition) is 0. The molecule has 0 spiro atoms. The number of pyridine rings is 3. The Bertz CT molecular complexity index is 2810. The lowest BCUT2D eigenvalue weighted by atomic mass is 9.99. The second kappa shape index (κ2) is 13.8. The predicted octanol–water partition coefficient (Wildman–Crippen LogP) is 13.0. The minimum absolute atomic E-state index is 1.08. The topological polar surface area (TPSA) is 43.6 Å². The van der Waals surface area contributed by atoms with Crippen LogP contribution in [0.2, 0.25) is 0 Å². The van der Waals surface area contributed by atoms with Gasteiger partial charge in [-0.15, -0.1) is 0 Å². The fourth-order valence-electron chi connectivity index (χ4n) is 7.62. The van der Waals surface area contributed by atoms with Crippen LogP contribution in [0.5, 0.6) is 0 Å². The minimum Gasteiger partial charge on any atom is -0.309 e. The van der Waals surface area contributed by atoms with E-state index in [-0.39, 0.29) is 0 Å². The van der Waals surface area contributed by atoms with Crippen molar-refractivity contribution in [3.63, 3.8) is 0 Å². The van der Waals surface area contributed by atoms with E-state index < -0.39 is 0 Å². The first-order valence-corrected chi connectivity index (χ1v) is 18.5. The van der Waals surface area contributed by atoms with Crippen molar-refractivity contribution in [3.05, 3.63) is 207 Å². The largest absolute Gasteiger partial charge is 0.309 e. The third-order valence-electron chi connectivity index (χ3n) is 10.4. The molecule has 258 valence electrons. The molecule has 0 unspecified atom stereocenters. The third-order valence-corrected chi connectivity index (χ3v) is 10.4. The van der Waals surface area contributed by atoms with Crippen molar-refractivity contribution in [2.45, 2.75) is 0 Å². The van der Waals surface area contributed by atoms with Crippen molar-refractivity contribution in [2.24, 2.45) is 0 Å². The van der Waals surface area contributed by atoms with Gasteiger partial charge >= 0.3 is 0 Å². The second-order valence-electron chi connectivity index (χ2n) is 13.8. The Kier molecular flexibility index (Phi) is 8.12. The molecule has 0 amide bonds. The molecule has 0 aliphatic carbocycles. The summed E-state index contributed by atoms with van der Waals surface area (Å²) in [6, 6.07) is 60.3. The molecule has 4 aromatic heterocycles. The Morgan fingerprint density at radius 3 is 0.927 bits per heavy atom. The van der Waals surface area contributed by atoms with Gasteiger partial charge in [0.2, 0.25) is 0 Å². The van der Waals surface area contributed by atoms with E-state index in [1.54, 1.807) is 0 Å². The van der Waals surface area contributed by atoms with Gasteiger partial charge in [-0.25, -0.2) is 0 Å². The third kappa shape index (κ3) is 6.16. The molecule has 0 fully saturated rings. The molecule has 4 heterocycles. The van der Waals surface area contributed by atoms with Crippen LogP contribution in [0.3, 0.4) is 0 Å². The zero-order valence-electron chi connectivity index (χ0n) is 29.9. The molecule has 6 aromatic carbocycles. The highest BCUT2D eigenvalue weighted by atomic mass is 15.0. The Morgan fingerprint density at radius 2 is 0.564 bits per heavy atom. The van der Waals surface area contributed by atoms with Crippen LogP contribution in [0.25, 0.3) is 94.3 Å². The van der Waals surface area contributed by atoms with Crippen LogP contribution in [0.15, 0.2) is 207 Å². The normalized spacial score (nSPS) is 11.3. The summed E-state index contributed by atoms with van der Waals surface area (Å²) in [6.07, 6.45) is 11.7. The van der Waals surface area contributed by atoms with E-state index in [1.165, 1.54) is 10.8 Å². The van der Waals surface area contributed by atoms with Crippen LogP contribution in [-0.2, 0) is 0 Å². The summed E-state index contributed by atoms with van der Waals surface area (Å²) in [5, 5.41) is 2.35. The standard InChI is InChI=1S/C51H34N4/c1-4-10-35(11-5-1)41-24-44(32-52-29-41)38-16-20-47(21-17-38)55-50-22-18-39(45-25-42(30-53-33-45)36-12-6-2-7-13-36)27-48(50)49-28-40(19-23-51(49)55)46-26-43(31-54-34-46)37-14-8-3-9-15-37/h1-34H. The van der Waals surface area contributed by atoms with E-state index in [4.69, 9.17) is 0 Å². The summed E-state index contributed by atoms with van der Waals surface area (Å²) in [5.74, 6) is 0. The molecule has 0 radical (unpaired) electrons. The highest BCUT2D eigenvalue weighted by molar-refractivity contribution is 6.11. The number of nitrogens with zero attached hydrogens (tertiary/aromatic N) is 4. The molecule has 10 aromatic rings. The number of benzene rings is 6. The van der Waals surface area contributed by atoms with Crippen LogP contribution >= 0.6 is 0 Å². The summed E-state index contributed by atoms with van der Waals surface area (Å²) < 4.78 is 2.37. The van der Waals surface area contributed by atoms with Gasteiger partial charge in [-0.1, -0.05) is 115 Å². The molecular formula is C51H34N4. The first-order chi connectivity index (χ1) is 27.2. The lowest BCUT2D eigenvalue weighted by molar-refractivity contribution is 1.18. The van der Waals surface area contributed by atoms with Crippen molar-refractivity contribution in [1.82, 2.24) is 19.5 Å². The number of rotatable bonds is 7. The van der Waals surface area contributed by atoms with Crippen molar-refractivity contribution in [3.8, 4) is 72.4 Å². The molecule has 0 aliphatic heterocycles. The van der Waals surface area contributed by atoms with Gasteiger partial charge < -0.3 is 4.57 Å². The van der Waals surface area contributed by atoms with Crippen LogP contribution in [-0.4, -0.2) is 19.5 Å². The number of hydrogen-bond acceptors (Lipinski definition) is 3. The fraction of sp³-hybridized carbons (Fsp3) is 0. The summed E-state index contributed by atoms with van der Waals surface area (Å²) in [5.41, 5.74) is 16.7. The lowest BCUT2D eigenvalue weighted by Gasteiger charge is -2.11. The van der Waals surface area contributed by atoms with Crippen LogP contribution in [0.1, 0.15) is 0 Å². The van der Waals surface area contributed by atoms with Crippen LogP contribution < -0.4 is 0 Å². The monoisotopic (exact) mass is 702 g/mol. The predicted molar refractivity (Wildman–Crippen MR) is 227 cm³/mol. The molecule has 0 atom stereocenters. The maximum atomic E-state index is 4.66. The van der Waals surface area contributed by atoms with E-state index in [0.29, 0.717) is 0 Å². The fourth-order valence-corrected chi connectivity index (χ4v) is 7.62. The lowest BCUT2D eigenvalue weighted by Crippen LogP contribution is -1.94. The quantitative estimate of drug-likeness (QED) is 0.166. The van der Waals surface area contributed by atoms with Crippen molar-refractivity contribution in [1.29, 1.82) is 0 Å². The van der Waals surface area contributed by atoms with E-state index in [0.717, 1.165) is 83.5 Å². The van der Waals surface area contributed by atoms with E-state index in [1.807, 2.05) is 55.4 Å². The second-order valence-corrected chi connectivity index (χ2v) is 13.8. The van der Waals surface area contributed by atoms with Crippen molar-refractivity contribution in [2.75, 3.05) is 0 Å². The van der Waals surface area contributed by atoms with Crippen molar-refractivity contribution < 1.29 is 0 Å². The molecule has 10 rings (SSSR count). The Hall–Kier alpha value is -7.43. The Morgan fingerprint density at radius 1 is 0.255 bits per heavy atom. The Labute approximate surface area is 319 Å². The molecule has 4 heteroatoms. The average Bonchev–Trinajstić information content (AvgIpc) is 3.60. The summed E-state index contributed by atoms with van der Waals surface area (Å²) in [4.78, 5) is 13.9. The summed E-state index contributed by atoms with van der Waals surface area (Å²) >= 11 is 0. The van der Waals surface area contributed by atoms with Gasteiger partial charge in [0, 0.05) is 87.0 Å². The number of fused-ring (bicyclic) bond motifs is 3. The highest BCUT2D eigenvalue weighted by Crippen LogP contribution is 2.38. The molecule has 55 heavy (non-hydrogen) atoms. The SMILES string of the molecule is c1ccc(-c2cncc(-c3ccc(-n4c5ccc(-c6cncc(-c7ccccc7)c6)cc5c5cc(-c6cncc(-c7ccccc7)c6)ccc54)cc3)c2)cc1. The molecule has 0 saturated carbocycles. The maximum Gasteiger partial charge on any atom is 0.0541 e. The van der Waals surface area contributed by atoms with E-state index in [2.05, 4.69) is 171 Å². The highest BCUT2D eigenvalue weighted by Gasteiger charge is 2.16.